The summed E-state index contributed by atoms with van der Waals surface area (Å²) in [5.41, 5.74) is -0.196. The lowest BCUT2D eigenvalue weighted by Gasteiger charge is -2.21. The van der Waals surface area contributed by atoms with Crippen LogP contribution in [0, 0.1) is 11.6 Å². The van der Waals surface area contributed by atoms with Gasteiger partial charge in [-0.15, -0.1) is 21.5 Å². The molecule has 30 heavy (non-hydrogen) atoms. The number of halogens is 3. The first kappa shape index (κ1) is 21.2. The Kier molecular flexibility index (Phi) is 5.86. The number of aromatic nitrogens is 2. The molecule has 0 spiro atoms. The van der Waals surface area contributed by atoms with Gasteiger partial charge in [-0.3, -0.25) is 4.79 Å². The van der Waals surface area contributed by atoms with Gasteiger partial charge in [0.1, 0.15) is 20.9 Å². The van der Waals surface area contributed by atoms with Crippen molar-refractivity contribution in [1.29, 1.82) is 0 Å². The predicted molar refractivity (Wildman–Crippen MR) is 109 cm³/mol. The molecule has 4 rings (SSSR count). The van der Waals surface area contributed by atoms with Crippen LogP contribution in [0.2, 0.25) is 4.34 Å². The number of benzene rings is 1. The Balaban J connectivity index is 1.54. The van der Waals surface area contributed by atoms with Crippen LogP contribution in [0.4, 0.5) is 14.5 Å². The van der Waals surface area contributed by atoms with E-state index in [0.717, 1.165) is 34.8 Å². The zero-order valence-electron chi connectivity index (χ0n) is 15.0. The van der Waals surface area contributed by atoms with Crippen LogP contribution < -0.4 is 5.32 Å². The Labute approximate surface area is 183 Å². The first-order valence-corrected chi connectivity index (χ1v) is 12.1. The maximum Gasteiger partial charge on any atom is 0.286 e. The minimum absolute atomic E-state index is 0.0582. The van der Waals surface area contributed by atoms with Gasteiger partial charge in [0.15, 0.2) is 0 Å². The zero-order chi connectivity index (χ0) is 21.5. The molecule has 1 N–H and O–H groups in total. The molecule has 2 aromatic heterocycles. The van der Waals surface area contributed by atoms with Crippen molar-refractivity contribution in [2.45, 2.75) is 23.1 Å². The summed E-state index contributed by atoms with van der Waals surface area (Å²) in [6, 6.07) is 5.18. The first-order valence-electron chi connectivity index (χ1n) is 8.62. The molecule has 0 radical (unpaired) electrons. The quantitative estimate of drug-likeness (QED) is 0.575. The topological polar surface area (TPSA) is 92.3 Å². The molecule has 1 aliphatic rings. The SMILES string of the molecule is O=C(Nc1ccc(F)cc1F)c1nnc([C@H]2CCCN2S(=O)(=O)c2ccc(Cl)s2)s1. The van der Waals surface area contributed by atoms with E-state index >= 15 is 0 Å². The van der Waals surface area contributed by atoms with Crippen LogP contribution >= 0.6 is 34.3 Å². The third-order valence-electron chi connectivity index (χ3n) is 4.41. The monoisotopic (exact) mass is 490 g/mol. The third-order valence-corrected chi connectivity index (χ3v) is 9.04. The number of rotatable bonds is 5. The van der Waals surface area contributed by atoms with Crippen LogP contribution in [0.5, 0.6) is 0 Å². The van der Waals surface area contributed by atoms with Crippen LogP contribution in [0.15, 0.2) is 34.5 Å². The highest BCUT2D eigenvalue weighted by Crippen LogP contribution is 2.39. The first-order chi connectivity index (χ1) is 14.3. The number of hydrogen-bond acceptors (Lipinski definition) is 7. The number of nitrogens with zero attached hydrogens (tertiary/aromatic N) is 3. The van der Waals surface area contributed by atoms with Crippen molar-refractivity contribution in [3.8, 4) is 0 Å². The molecular formula is C17H13ClF2N4O3S3. The summed E-state index contributed by atoms with van der Waals surface area (Å²) in [5, 5.41) is 10.4. The third kappa shape index (κ3) is 4.10. The molecule has 1 aromatic carbocycles. The van der Waals surface area contributed by atoms with E-state index in [1.807, 2.05) is 0 Å². The van der Waals surface area contributed by atoms with E-state index in [1.54, 1.807) is 0 Å². The summed E-state index contributed by atoms with van der Waals surface area (Å²) in [5.74, 6) is -2.41. The zero-order valence-corrected chi connectivity index (χ0v) is 18.2. The number of thiophene rings is 1. The van der Waals surface area contributed by atoms with E-state index < -0.39 is 33.6 Å². The van der Waals surface area contributed by atoms with E-state index in [1.165, 1.54) is 16.4 Å². The molecule has 13 heteroatoms. The Morgan fingerprint density at radius 1 is 1.20 bits per heavy atom. The second-order valence-corrected chi connectivity index (χ2v) is 11.2. The molecule has 7 nitrogen and oxygen atoms in total. The van der Waals surface area contributed by atoms with Crippen LogP contribution in [0.25, 0.3) is 0 Å². The lowest BCUT2D eigenvalue weighted by atomic mass is 10.2. The smallest absolute Gasteiger partial charge is 0.286 e. The number of sulfonamides is 1. The molecular weight excluding hydrogens is 478 g/mol. The molecule has 0 saturated carbocycles. The number of nitrogens with one attached hydrogen (secondary N) is 1. The lowest BCUT2D eigenvalue weighted by Crippen LogP contribution is -2.30. The number of amides is 1. The Morgan fingerprint density at radius 3 is 2.70 bits per heavy atom. The largest absolute Gasteiger partial charge is 0.317 e. The van der Waals surface area contributed by atoms with Crippen molar-refractivity contribution in [3.05, 3.63) is 56.3 Å². The normalized spacial score (nSPS) is 17.4. The number of hydrogen-bond donors (Lipinski definition) is 1. The number of carbonyl (C=O) groups is 1. The maximum atomic E-state index is 13.8. The highest BCUT2D eigenvalue weighted by Gasteiger charge is 2.39. The maximum absolute atomic E-state index is 13.8. The van der Waals surface area contributed by atoms with Crippen LogP contribution in [0.1, 0.15) is 33.7 Å². The van der Waals surface area contributed by atoms with Gasteiger partial charge >= 0.3 is 0 Å². The molecule has 158 valence electrons. The number of anilines is 1. The van der Waals surface area contributed by atoms with Gasteiger partial charge in [-0.1, -0.05) is 22.9 Å². The molecule has 0 bridgehead atoms. The molecule has 0 aliphatic carbocycles. The minimum atomic E-state index is -3.76. The molecule has 0 unspecified atom stereocenters. The summed E-state index contributed by atoms with van der Waals surface area (Å²) < 4.78 is 54.5. The van der Waals surface area contributed by atoms with E-state index in [-0.39, 0.29) is 14.9 Å². The number of carbonyl (C=O) groups excluding carboxylic acids is 1. The summed E-state index contributed by atoms with van der Waals surface area (Å²) in [6.45, 7) is 0.310. The Morgan fingerprint density at radius 2 is 2.00 bits per heavy atom. The Bertz CT molecular complexity index is 1210. The fraction of sp³-hybridized carbons (Fsp3) is 0.235. The summed E-state index contributed by atoms with van der Waals surface area (Å²) in [6.07, 6.45) is 1.16. The molecule has 1 aliphatic heterocycles. The van der Waals surface area contributed by atoms with Gasteiger partial charge in [0.25, 0.3) is 15.9 Å². The van der Waals surface area contributed by atoms with Gasteiger partial charge in [0.2, 0.25) is 5.01 Å². The summed E-state index contributed by atoms with van der Waals surface area (Å²) in [4.78, 5) is 12.4. The van der Waals surface area contributed by atoms with Crippen LogP contribution in [-0.4, -0.2) is 35.4 Å². The van der Waals surface area contributed by atoms with Crippen molar-refractivity contribution >= 4 is 55.9 Å². The Hall–Kier alpha value is -1.99. The van der Waals surface area contributed by atoms with E-state index in [4.69, 9.17) is 11.6 Å². The standard InChI is InChI=1S/C17H13ClF2N4O3S3/c18-13-5-6-14(28-13)30(26,27)24-7-1-2-12(24)16-22-23-17(29-16)15(25)21-11-4-3-9(19)8-10(11)20/h3-6,8,12H,1-2,7H2,(H,21,25)/t12-/m1/s1. The molecule has 1 atom stereocenters. The van der Waals surface area contributed by atoms with Crippen LogP contribution in [0.3, 0.4) is 0 Å². The fourth-order valence-electron chi connectivity index (χ4n) is 3.05. The van der Waals surface area contributed by atoms with Gasteiger partial charge in [0.05, 0.1) is 16.1 Å². The van der Waals surface area contributed by atoms with Crippen molar-refractivity contribution in [3.63, 3.8) is 0 Å². The molecule has 1 saturated heterocycles. The average Bonchev–Trinajstić information content (AvgIpc) is 3.43. The van der Waals surface area contributed by atoms with E-state index in [9.17, 15) is 22.0 Å². The fourth-order valence-corrected chi connectivity index (χ4v) is 7.28. The van der Waals surface area contributed by atoms with E-state index in [2.05, 4.69) is 15.5 Å². The van der Waals surface area contributed by atoms with Crippen molar-refractivity contribution < 1.29 is 22.0 Å². The second-order valence-electron chi connectivity index (χ2n) is 6.36. The van der Waals surface area contributed by atoms with Crippen molar-refractivity contribution in [2.75, 3.05) is 11.9 Å². The van der Waals surface area contributed by atoms with E-state index in [0.29, 0.717) is 34.8 Å². The molecule has 1 fully saturated rings. The van der Waals surface area contributed by atoms with Crippen LogP contribution in [-0.2, 0) is 10.0 Å². The van der Waals surface area contributed by atoms with Gasteiger partial charge in [0, 0.05) is 12.6 Å². The highest BCUT2D eigenvalue weighted by atomic mass is 35.5. The van der Waals surface area contributed by atoms with Gasteiger partial charge in [-0.2, -0.15) is 4.31 Å². The second kappa shape index (κ2) is 8.27. The molecule has 3 heterocycles. The molecule has 3 aromatic rings. The van der Waals surface area contributed by atoms with Gasteiger partial charge < -0.3 is 5.32 Å². The average molecular weight is 491 g/mol. The highest BCUT2D eigenvalue weighted by molar-refractivity contribution is 7.91. The predicted octanol–water partition coefficient (Wildman–Crippen LogP) is 4.31. The summed E-state index contributed by atoms with van der Waals surface area (Å²) in [7, 11) is -3.76. The lowest BCUT2D eigenvalue weighted by molar-refractivity contribution is 0.102. The van der Waals surface area contributed by atoms with Crippen molar-refractivity contribution in [1.82, 2.24) is 14.5 Å². The minimum Gasteiger partial charge on any atom is -0.317 e. The van der Waals surface area contributed by atoms with Gasteiger partial charge in [-0.05, 0) is 37.1 Å². The van der Waals surface area contributed by atoms with Crippen molar-refractivity contribution in [2.24, 2.45) is 0 Å². The summed E-state index contributed by atoms with van der Waals surface area (Å²) >= 11 is 7.77. The van der Waals surface area contributed by atoms with Gasteiger partial charge in [-0.25, -0.2) is 17.2 Å². The molecule has 1 amide bonds.